The fourth-order valence-electron chi connectivity index (χ4n) is 3.35. The molecule has 1 saturated carbocycles. The number of imide groups is 1. The van der Waals surface area contributed by atoms with Crippen molar-refractivity contribution in [3.8, 4) is 5.75 Å². The lowest BCUT2D eigenvalue weighted by molar-refractivity contribution is -0.879. The van der Waals surface area contributed by atoms with E-state index in [1.807, 2.05) is 24.3 Å². The number of urea groups is 1. The van der Waals surface area contributed by atoms with Gasteiger partial charge in [-0.15, -0.1) is 0 Å². The third kappa shape index (κ3) is 4.81. The topological polar surface area (TPSA) is 92.2 Å². The van der Waals surface area contributed by atoms with Crippen LogP contribution in [0.2, 0.25) is 0 Å². The summed E-state index contributed by atoms with van der Waals surface area (Å²) >= 11 is 0. The van der Waals surface area contributed by atoms with Crippen LogP contribution in [0.25, 0.3) is 0 Å². The smallest absolute Gasteiger partial charge is 0.329 e. The summed E-state index contributed by atoms with van der Waals surface area (Å²) in [5.74, 6) is 0.491. The maximum absolute atomic E-state index is 12.9. The van der Waals surface area contributed by atoms with Gasteiger partial charge < -0.3 is 20.3 Å². The van der Waals surface area contributed by atoms with Gasteiger partial charge in [0.25, 0.3) is 11.8 Å². The number of aryl methyl sites for hydroxylation is 1. The normalized spacial score (nSPS) is 22.8. The Labute approximate surface area is 165 Å². The lowest BCUT2D eigenvalue weighted by atomic mass is 9.93. The standard InChI is InChI=1S/C20H28N4O4/c1-20(11-10-14-4-8-16(28-3)9-5-14)18(26)24(19(27)22-20)13-23(2)12-17(25)21-15-6-7-15/h4-5,8-9,15H,6-7,10-13H2,1-3H3,(H,21,25)(H,22,27)/p+1/t20-/m1/s1. The Kier molecular flexibility index (Phi) is 5.88. The predicted molar refractivity (Wildman–Crippen MR) is 103 cm³/mol. The second-order valence-electron chi connectivity index (χ2n) is 7.98. The summed E-state index contributed by atoms with van der Waals surface area (Å²) in [6, 6.07) is 7.57. The molecule has 1 saturated heterocycles. The molecule has 3 rings (SSSR count). The molecule has 3 N–H and O–H groups in total. The molecule has 2 atom stereocenters. The number of amides is 4. The van der Waals surface area contributed by atoms with E-state index in [2.05, 4.69) is 10.6 Å². The van der Waals surface area contributed by atoms with E-state index in [1.54, 1.807) is 21.1 Å². The Bertz CT molecular complexity index is 747. The minimum Gasteiger partial charge on any atom is -0.497 e. The lowest BCUT2D eigenvalue weighted by Crippen LogP contribution is -3.12. The van der Waals surface area contributed by atoms with Gasteiger partial charge in [-0.1, -0.05) is 12.1 Å². The number of rotatable bonds is 9. The van der Waals surface area contributed by atoms with Gasteiger partial charge in [-0.05, 0) is 50.3 Å². The first-order valence-corrected chi connectivity index (χ1v) is 9.68. The molecule has 1 aromatic rings. The second-order valence-corrected chi connectivity index (χ2v) is 7.98. The van der Waals surface area contributed by atoms with E-state index in [4.69, 9.17) is 4.74 Å². The highest BCUT2D eigenvalue weighted by atomic mass is 16.5. The van der Waals surface area contributed by atoms with E-state index in [9.17, 15) is 14.4 Å². The maximum atomic E-state index is 12.9. The van der Waals surface area contributed by atoms with E-state index >= 15 is 0 Å². The molecule has 28 heavy (non-hydrogen) atoms. The van der Waals surface area contributed by atoms with Gasteiger partial charge in [0.1, 0.15) is 11.3 Å². The van der Waals surface area contributed by atoms with Crippen LogP contribution >= 0.6 is 0 Å². The van der Waals surface area contributed by atoms with Crippen molar-refractivity contribution in [1.29, 1.82) is 0 Å². The molecule has 0 spiro atoms. The zero-order valence-electron chi connectivity index (χ0n) is 16.7. The van der Waals surface area contributed by atoms with Crippen LogP contribution in [-0.4, -0.2) is 61.7 Å². The first-order valence-electron chi connectivity index (χ1n) is 9.68. The Morgan fingerprint density at radius 1 is 1.32 bits per heavy atom. The number of likely N-dealkylation sites (N-methyl/N-ethyl adjacent to an activating group) is 1. The highest BCUT2D eigenvalue weighted by molar-refractivity contribution is 6.06. The molecule has 1 aliphatic carbocycles. The molecule has 2 fully saturated rings. The van der Waals surface area contributed by atoms with Crippen molar-refractivity contribution in [2.24, 2.45) is 0 Å². The van der Waals surface area contributed by atoms with Crippen molar-refractivity contribution >= 4 is 17.8 Å². The first kappa shape index (κ1) is 20.1. The third-order valence-corrected chi connectivity index (χ3v) is 5.25. The highest BCUT2D eigenvalue weighted by Gasteiger charge is 2.48. The van der Waals surface area contributed by atoms with E-state index in [0.29, 0.717) is 18.9 Å². The summed E-state index contributed by atoms with van der Waals surface area (Å²) in [6.07, 6.45) is 3.23. The zero-order valence-corrected chi connectivity index (χ0v) is 16.7. The molecule has 0 aromatic heterocycles. The van der Waals surface area contributed by atoms with Crippen LogP contribution in [0.15, 0.2) is 24.3 Å². The molecule has 152 valence electrons. The monoisotopic (exact) mass is 389 g/mol. The Morgan fingerprint density at radius 3 is 2.61 bits per heavy atom. The highest BCUT2D eigenvalue weighted by Crippen LogP contribution is 2.23. The molecule has 4 amide bonds. The van der Waals surface area contributed by atoms with Crippen molar-refractivity contribution in [3.05, 3.63) is 29.8 Å². The molecule has 2 aliphatic rings. The number of methoxy groups -OCH3 is 1. The SMILES string of the molecule is COc1ccc(CC[C@@]2(C)NC(=O)N(C[NH+](C)CC(=O)NC3CC3)C2=O)cc1. The number of carbonyl (C=O) groups excluding carboxylic acids is 3. The molecular weight excluding hydrogens is 360 g/mol. The number of nitrogens with one attached hydrogen (secondary N) is 3. The lowest BCUT2D eigenvalue weighted by Gasteiger charge is -2.23. The van der Waals surface area contributed by atoms with Crippen molar-refractivity contribution in [3.63, 3.8) is 0 Å². The fraction of sp³-hybridized carbons (Fsp3) is 0.550. The quantitative estimate of drug-likeness (QED) is 0.505. The zero-order chi connectivity index (χ0) is 20.3. The van der Waals surface area contributed by atoms with Gasteiger partial charge in [-0.2, -0.15) is 0 Å². The molecule has 1 unspecified atom stereocenters. The fourth-order valence-corrected chi connectivity index (χ4v) is 3.35. The number of ether oxygens (including phenoxy) is 1. The predicted octanol–water partition coefficient (Wildman–Crippen LogP) is -0.311. The van der Waals surface area contributed by atoms with Crippen molar-refractivity contribution < 1.29 is 24.0 Å². The summed E-state index contributed by atoms with van der Waals surface area (Å²) in [6.45, 7) is 2.16. The van der Waals surface area contributed by atoms with Gasteiger partial charge in [0.15, 0.2) is 13.2 Å². The third-order valence-electron chi connectivity index (χ3n) is 5.25. The summed E-state index contributed by atoms with van der Waals surface area (Å²) < 4.78 is 5.15. The number of nitrogens with zero attached hydrogens (tertiary/aromatic N) is 1. The van der Waals surface area contributed by atoms with Crippen LogP contribution in [0.4, 0.5) is 4.79 Å². The number of hydrogen-bond acceptors (Lipinski definition) is 4. The summed E-state index contributed by atoms with van der Waals surface area (Å²) in [4.78, 5) is 39.2. The molecule has 1 aromatic carbocycles. The van der Waals surface area contributed by atoms with E-state index in [0.717, 1.165) is 29.1 Å². The van der Waals surface area contributed by atoms with Crippen LogP contribution in [0.5, 0.6) is 5.75 Å². The molecule has 1 heterocycles. The Hall–Kier alpha value is -2.61. The van der Waals surface area contributed by atoms with E-state index in [1.165, 1.54) is 4.90 Å². The number of quaternary nitrogens is 1. The van der Waals surface area contributed by atoms with Gasteiger partial charge in [0.05, 0.1) is 14.2 Å². The number of carbonyl (C=O) groups is 3. The Balaban J connectivity index is 1.53. The molecule has 8 nitrogen and oxygen atoms in total. The van der Waals surface area contributed by atoms with E-state index < -0.39 is 11.6 Å². The number of hydrogen-bond donors (Lipinski definition) is 3. The van der Waals surface area contributed by atoms with Crippen LogP contribution in [0.1, 0.15) is 31.7 Å². The van der Waals surface area contributed by atoms with Crippen molar-refractivity contribution in [2.45, 2.75) is 44.2 Å². The maximum Gasteiger partial charge on any atom is 0.329 e. The minimum atomic E-state index is -0.937. The van der Waals surface area contributed by atoms with Gasteiger partial charge in [0.2, 0.25) is 0 Å². The molecule has 0 bridgehead atoms. The van der Waals surface area contributed by atoms with Gasteiger partial charge in [-0.25, -0.2) is 9.69 Å². The van der Waals surface area contributed by atoms with Crippen LogP contribution in [0, 0.1) is 0 Å². The molecule has 0 radical (unpaired) electrons. The summed E-state index contributed by atoms with van der Waals surface area (Å²) in [5.41, 5.74) is 0.134. The second kappa shape index (κ2) is 8.18. The van der Waals surface area contributed by atoms with Gasteiger partial charge in [-0.3, -0.25) is 9.59 Å². The largest absolute Gasteiger partial charge is 0.497 e. The first-order chi connectivity index (χ1) is 13.3. The van der Waals surface area contributed by atoms with Crippen LogP contribution in [-0.2, 0) is 16.0 Å². The van der Waals surface area contributed by atoms with E-state index in [-0.39, 0.29) is 25.0 Å². The van der Waals surface area contributed by atoms with Crippen LogP contribution < -0.4 is 20.3 Å². The average Bonchev–Trinajstić information content (AvgIpc) is 3.44. The summed E-state index contributed by atoms with van der Waals surface area (Å²) in [5, 5.41) is 5.74. The molecule has 1 aliphatic heterocycles. The van der Waals surface area contributed by atoms with Crippen molar-refractivity contribution in [2.75, 3.05) is 27.4 Å². The van der Waals surface area contributed by atoms with Gasteiger partial charge >= 0.3 is 6.03 Å². The number of benzene rings is 1. The van der Waals surface area contributed by atoms with Crippen LogP contribution in [0.3, 0.4) is 0 Å². The van der Waals surface area contributed by atoms with Gasteiger partial charge in [0, 0.05) is 6.04 Å². The summed E-state index contributed by atoms with van der Waals surface area (Å²) in [7, 11) is 3.42. The minimum absolute atomic E-state index is 0.0469. The molecule has 8 heteroatoms. The molecular formula is C20H29N4O4+. The Morgan fingerprint density at radius 2 is 2.00 bits per heavy atom. The van der Waals surface area contributed by atoms with Crippen molar-refractivity contribution in [1.82, 2.24) is 15.5 Å². The average molecular weight is 389 g/mol.